The number of benzene rings is 1. The van der Waals surface area contributed by atoms with Gasteiger partial charge in [0.1, 0.15) is 0 Å². The van der Waals surface area contributed by atoms with Crippen LogP contribution in [-0.4, -0.2) is 0 Å². The first kappa shape index (κ1) is 10.7. The Kier molecular flexibility index (Phi) is 5.73. The molecular formula is C11H15N. The van der Waals surface area contributed by atoms with E-state index in [0.29, 0.717) is 0 Å². The van der Waals surface area contributed by atoms with Gasteiger partial charge in [0.15, 0.2) is 0 Å². The fourth-order valence-corrected chi connectivity index (χ4v) is 0.815. The van der Waals surface area contributed by atoms with E-state index in [-0.39, 0.29) is 0 Å². The molecule has 64 valence electrons. The Morgan fingerprint density at radius 1 is 1.17 bits per heavy atom. The smallest absolute Gasteiger partial charge is 0.0991 e. The maximum Gasteiger partial charge on any atom is 0.0991 e. The normalized spacial score (nSPS) is 7.83. The summed E-state index contributed by atoms with van der Waals surface area (Å²) in [7, 11) is 0. The lowest BCUT2D eigenvalue weighted by Crippen LogP contribution is -1.78. The second-order valence-electron chi connectivity index (χ2n) is 2.16. The van der Waals surface area contributed by atoms with Gasteiger partial charge in [0.05, 0.1) is 11.6 Å². The first-order chi connectivity index (χ1) is 5.86. The Hall–Kier alpha value is -1.29. The molecule has 0 saturated carbocycles. The molecule has 12 heavy (non-hydrogen) atoms. The summed E-state index contributed by atoms with van der Waals surface area (Å²) >= 11 is 0. The highest BCUT2D eigenvalue weighted by Gasteiger charge is 1.88. The largest absolute Gasteiger partial charge is 0.192 e. The average molecular weight is 161 g/mol. The number of nitriles is 1. The predicted molar refractivity (Wildman–Crippen MR) is 51.9 cm³/mol. The highest BCUT2D eigenvalue weighted by Crippen LogP contribution is 2.02. The Morgan fingerprint density at radius 2 is 1.67 bits per heavy atom. The molecule has 1 nitrogen and oxygen atoms in total. The molecule has 0 atom stereocenters. The van der Waals surface area contributed by atoms with Crippen molar-refractivity contribution in [1.82, 2.24) is 0 Å². The van der Waals surface area contributed by atoms with E-state index in [1.54, 1.807) is 0 Å². The molecule has 0 radical (unpaired) electrons. The van der Waals surface area contributed by atoms with Crippen LogP contribution in [0.2, 0.25) is 0 Å². The molecule has 0 fully saturated rings. The number of nitrogens with zero attached hydrogens (tertiary/aromatic N) is 1. The summed E-state index contributed by atoms with van der Waals surface area (Å²) in [5, 5.41) is 8.45. The van der Waals surface area contributed by atoms with Gasteiger partial charge in [-0.15, -0.1) is 0 Å². The van der Waals surface area contributed by atoms with Gasteiger partial charge in [-0.05, 0) is 24.1 Å². The lowest BCUT2D eigenvalue weighted by Gasteiger charge is -1.92. The molecule has 0 heterocycles. The van der Waals surface area contributed by atoms with Crippen LogP contribution in [0.5, 0.6) is 0 Å². The van der Waals surface area contributed by atoms with E-state index in [2.05, 4.69) is 13.0 Å². The maximum absolute atomic E-state index is 8.45. The minimum Gasteiger partial charge on any atom is -0.192 e. The van der Waals surface area contributed by atoms with Gasteiger partial charge in [0, 0.05) is 0 Å². The van der Waals surface area contributed by atoms with Crippen LogP contribution in [0.4, 0.5) is 0 Å². The zero-order valence-corrected chi connectivity index (χ0v) is 7.96. The van der Waals surface area contributed by atoms with Gasteiger partial charge in [0.25, 0.3) is 0 Å². The molecule has 0 bridgehead atoms. The molecule has 0 saturated heterocycles. The Morgan fingerprint density at radius 3 is 2.00 bits per heavy atom. The molecule has 1 rings (SSSR count). The Balaban J connectivity index is 0.000000561. The second kappa shape index (κ2) is 6.42. The summed E-state index contributed by atoms with van der Waals surface area (Å²) in [4.78, 5) is 0. The highest BCUT2D eigenvalue weighted by molar-refractivity contribution is 5.31. The van der Waals surface area contributed by atoms with Crippen molar-refractivity contribution < 1.29 is 0 Å². The fourth-order valence-electron chi connectivity index (χ4n) is 0.815. The van der Waals surface area contributed by atoms with E-state index in [1.807, 2.05) is 38.1 Å². The standard InChI is InChI=1S/C9H9N.C2H6/c1-2-8-3-5-9(7-10)6-4-8;1-2/h3-6H,2H2,1H3;1-2H3. The van der Waals surface area contributed by atoms with Gasteiger partial charge in [0.2, 0.25) is 0 Å². The summed E-state index contributed by atoms with van der Waals surface area (Å²) < 4.78 is 0. The fraction of sp³-hybridized carbons (Fsp3) is 0.364. The Bertz CT molecular complexity index is 241. The molecule has 0 aliphatic heterocycles. The lowest BCUT2D eigenvalue weighted by molar-refractivity contribution is 1.14. The quantitative estimate of drug-likeness (QED) is 0.620. The third kappa shape index (κ3) is 3.21. The monoisotopic (exact) mass is 161 g/mol. The van der Waals surface area contributed by atoms with Crippen molar-refractivity contribution in [2.24, 2.45) is 0 Å². The van der Waals surface area contributed by atoms with E-state index in [0.717, 1.165) is 12.0 Å². The van der Waals surface area contributed by atoms with Gasteiger partial charge in [-0.2, -0.15) is 5.26 Å². The molecule has 0 amide bonds. The third-order valence-corrected chi connectivity index (χ3v) is 1.49. The summed E-state index contributed by atoms with van der Waals surface area (Å²) in [6.45, 7) is 6.10. The van der Waals surface area contributed by atoms with Gasteiger partial charge in [-0.3, -0.25) is 0 Å². The molecular weight excluding hydrogens is 146 g/mol. The van der Waals surface area contributed by atoms with Crippen molar-refractivity contribution in [3.8, 4) is 6.07 Å². The van der Waals surface area contributed by atoms with Crippen molar-refractivity contribution >= 4 is 0 Å². The van der Waals surface area contributed by atoms with E-state index >= 15 is 0 Å². The van der Waals surface area contributed by atoms with Crippen LogP contribution in [0, 0.1) is 11.3 Å². The Labute approximate surface area is 74.7 Å². The van der Waals surface area contributed by atoms with Crippen molar-refractivity contribution in [2.45, 2.75) is 27.2 Å². The number of rotatable bonds is 1. The van der Waals surface area contributed by atoms with Crippen LogP contribution in [0.25, 0.3) is 0 Å². The number of hydrogen-bond acceptors (Lipinski definition) is 1. The van der Waals surface area contributed by atoms with Crippen LogP contribution < -0.4 is 0 Å². The van der Waals surface area contributed by atoms with Crippen molar-refractivity contribution in [1.29, 1.82) is 5.26 Å². The summed E-state index contributed by atoms with van der Waals surface area (Å²) in [5.74, 6) is 0. The molecule has 0 unspecified atom stereocenters. The number of aryl methyl sites for hydroxylation is 1. The summed E-state index contributed by atoms with van der Waals surface area (Å²) in [6.07, 6.45) is 1.03. The molecule has 0 aliphatic rings. The minimum absolute atomic E-state index is 0.734. The van der Waals surface area contributed by atoms with Gasteiger partial charge in [-0.25, -0.2) is 0 Å². The molecule has 0 aliphatic carbocycles. The van der Waals surface area contributed by atoms with Crippen molar-refractivity contribution in [3.05, 3.63) is 35.4 Å². The van der Waals surface area contributed by atoms with E-state index in [4.69, 9.17) is 5.26 Å². The lowest BCUT2D eigenvalue weighted by atomic mass is 10.1. The topological polar surface area (TPSA) is 23.8 Å². The van der Waals surface area contributed by atoms with E-state index in [1.165, 1.54) is 5.56 Å². The van der Waals surface area contributed by atoms with Gasteiger partial charge >= 0.3 is 0 Å². The minimum atomic E-state index is 0.734. The van der Waals surface area contributed by atoms with E-state index in [9.17, 15) is 0 Å². The molecule has 0 N–H and O–H groups in total. The molecule has 1 heteroatoms. The zero-order chi connectivity index (χ0) is 9.40. The summed E-state index contributed by atoms with van der Waals surface area (Å²) in [5.41, 5.74) is 2.01. The predicted octanol–water partition coefficient (Wildman–Crippen LogP) is 3.15. The highest BCUT2D eigenvalue weighted by atomic mass is 14.2. The number of hydrogen-bond donors (Lipinski definition) is 0. The molecule has 1 aromatic rings. The third-order valence-electron chi connectivity index (χ3n) is 1.49. The maximum atomic E-state index is 8.45. The van der Waals surface area contributed by atoms with Crippen LogP contribution in [0.15, 0.2) is 24.3 Å². The van der Waals surface area contributed by atoms with Crippen molar-refractivity contribution in [3.63, 3.8) is 0 Å². The second-order valence-corrected chi connectivity index (χ2v) is 2.16. The van der Waals surface area contributed by atoms with Crippen LogP contribution in [0.3, 0.4) is 0 Å². The first-order valence-corrected chi connectivity index (χ1v) is 4.36. The van der Waals surface area contributed by atoms with Crippen molar-refractivity contribution in [2.75, 3.05) is 0 Å². The van der Waals surface area contributed by atoms with Gasteiger partial charge in [-0.1, -0.05) is 32.9 Å². The van der Waals surface area contributed by atoms with Gasteiger partial charge < -0.3 is 0 Å². The molecule has 0 spiro atoms. The average Bonchev–Trinajstić information content (AvgIpc) is 2.21. The zero-order valence-electron chi connectivity index (χ0n) is 7.96. The van der Waals surface area contributed by atoms with Crippen LogP contribution >= 0.6 is 0 Å². The molecule has 0 aromatic heterocycles. The van der Waals surface area contributed by atoms with Crippen LogP contribution in [0.1, 0.15) is 31.9 Å². The SMILES string of the molecule is CC.CCc1ccc(C#N)cc1. The first-order valence-electron chi connectivity index (χ1n) is 4.36. The van der Waals surface area contributed by atoms with E-state index < -0.39 is 0 Å². The summed E-state index contributed by atoms with van der Waals surface area (Å²) in [6, 6.07) is 9.74. The van der Waals surface area contributed by atoms with Crippen LogP contribution in [-0.2, 0) is 6.42 Å². The molecule has 1 aromatic carbocycles.